The lowest BCUT2D eigenvalue weighted by Crippen LogP contribution is -2.17. The van der Waals surface area contributed by atoms with Gasteiger partial charge in [-0.15, -0.1) is 0 Å². The summed E-state index contributed by atoms with van der Waals surface area (Å²) >= 11 is 0.946. The van der Waals surface area contributed by atoms with Gasteiger partial charge in [0.25, 0.3) is 11.1 Å². The summed E-state index contributed by atoms with van der Waals surface area (Å²) in [5.74, 6) is -0.323. The van der Waals surface area contributed by atoms with Crippen LogP contribution >= 0.6 is 11.8 Å². The van der Waals surface area contributed by atoms with Gasteiger partial charge in [0.05, 0.1) is 4.91 Å². The molecule has 1 N–H and O–H groups in total. The van der Waals surface area contributed by atoms with Crippen LogP contribution in [0.2, 0.25) is 0 Å². The minimum Gasteiger partial charge on any atom is -0.318 e. The Morgan fingerprint density at radius 3 is 2.52 bits per heavy atom. The van der Waals surface area contributed by atoms with Crippen LogP contribution in [0.3, 0.4) is 0 Å². The third-order valence-electron chi connectivity index (χ3n) is 4.22. The Kier molecular flexibility index (Phi) is 3.90. The molecule has 1 aliphatic heterocycles. The van der Waals surface area contributed by atoms with E-state index in [1.165, 1.54) is 11.1 Å². The number of aryl methyl sites for hydroxylation is 2. The van der Waals surface area contributed by atoms with Crippen molar-refractivity contribution in [1.29, 1.82) is 0 Å². The third-order valence-corrected chi connectivity index (χ3v) is 5.03. The van der Waals surface area contributed by atoms with Gasteiger partial charge in [-0.3, -0.25) is 14.9 Å². The van der Waals surface area contributed by atoms with Gasteiger partial charge >= 0.3 is 0 Å². The molecule has 1 fully saturated rings. The van der Waals surface area contributed by atoms with E-state index in [9.17, 15) is 9.59 Å². The first-order valence-electron chi connectivity index (χ1n) is 7.39. The second-order valence-electron chi connectivity index (χ2n) is 5.73. The van der Waals surface area contributed by atoms with Gasteiger partial charge in [0.2, 0.25) is 0 Å². The number of hydrogen-bond donors (Lipinski definition) is 1. The molecule has 0 aliphatic carbocycles. The van der Waals surface area contributed by atoms with E-state index in [-0.39, 0.29) is 11.1 Å². The van der Waals surface area contributed by atoms with Crippen LogP contribution in [0.1, 0.15) is 28.1 Å². The van der Waals surface area contributed by atoms with Gasteiger partial charge in [0.1, 0.15) is 0 Å². The molecule has 23 heavy (non-hydrogen) atoms. The molecule has 1 aromatic carbocycles. The minimum atomic E-state index is -0.323. The number of nitrogens with zero attached hydrogens (tertiary/aromatic N) is 1. The maximum atomic E-state index is 11.7. The van der Waals surface area contributed by atoms with Crippen molar-refractivity contribution in [2.24, 2.45) is 0 Å². The van der Waals surface area contributed by atoms with E-state index in [1.54, 1.807) is 6.08 Å². The Morgan fingerprint density at radius 1 is 1.13 bits per heavy atom. The lowest BCUT2D eigenvalue weighted by Gasteiger charge is -2.14. The van der Waals surface area contributed by atoms with E-state index in [1.807, 2.05) is 26.0 Å². The van der Waals surface area contributed by atoms with Crippen LogP contribution in [0.25, 0.3) is 11.8 Å². The highest BCUT2D eigenvalue weighted by atomic mass is 32.2. The molecule has 0 bridgehead atoms. The van der Waals surface area contributed by atoms with Crippen LogP contribution in [-0.4, -0.2) is 15.7 Å². The lowest BCUT2D eigenvalue weighted by molar-refractivity contribution is -0.115. The van der Waals surface area contributed by atoms with Gasteiger partial charge in [0, 0.05) is 17.1 Å². The third kappa shape index (κ3) is 2.72. The predicted octanol–water partition coefficient (Wildman–Crippen LogP) is 4.03. The number of amides is 2. The Labute approximate surface area is 139 Å². The highest BCUT2D eigenvalue weighted by molar-refractivity contribution is 8.18. The van der Waals surface area contributed by atoms with E-state index in [4.69, 9.17) is 0 Å². The number of benzene rings is 1. The average Bonchev–Trinajstić information content (AvgIpc) is 2.94. The normalized spacial score (nSPS) is 16.3. The molecule has 4 nitrogen and oxygen atoms in total. The van der Waals surface area contributed by atoms with Crippen LogP contribution in [-0.2, 0) is 4.79 Å². The van der Waals surface area contributed by atoms with Gasteiger partial charge in [-0.25, -0.2) is 0 Å². The summed E-state index contributed by atoms with van der Waals surface area (Å²) in [7, 11) is 0. The second kappa shape index (κ2) is 5.74. The summed E-state index contributed by atoms with van der Waals surface area (Å²) in [6, 6.07) is 8.29. The fourth-order valence-corrected chi connectivity index (χ4v) is 3.52. The molecule has 1 aliphatic rings. The van der Waals surface area contributed by atoms with Crippen molar-refractivity contribution < 1.29 is 9.59 Å². The van der Waals surface area contributed by atoms with Gasteiger partial charge < -0.3 is 4.57 Å². The molecule has 2 heterocycles. The molecule has 2 aromatic rings. The number of nitrogens with one attached hydrogen (secondary N) is 1. The summed E-state index contributed by atoms with van der Waals surface area (Å²) in [5.41, 5.74) is 6.72. The fourth-order valence-electron chi connectivity index (χ4n) is 2.84. The zero-order chi connectivity index (χ0) is 16.7. The van der Waals surface area contributed by atoms with Crippen LogP contribution < -0.4 is 5.32 Å². The van der Waals surface area contributed by atoms with Gasteiger partial charge in [-0.2, -0.15) is 0 Å². The molecule has 2 amide bonds. The maximum Gasteiger partial charge on any atom is 0.290 e. The van der Waals surface area contributed by atoms with Crippen LogP contribution in [0.5, 0.6) is 0 Å². The summed E-state index contributed by atoms with van der Waals surface area (Å²) in [6.07, 6.45) is 1.79. The number of imide groups is 1. The summed E-state index contributed by atoms with van der Waals surface area (Å²) < 4.78 is 2.19. The summed E-state index contributed by atoms with van der Waals surface area (Å²) in [5, 5.41) is 1.97. The molecule has 0 unspecified atom stereocenters. The summed E-state index contributed by atoms with van der Waals surface area (Å²) in [4.78, 5) is 23.5. The zero-order valence-corrected chi connectivity index (χ0v) is 14.4. The SMILES string of the molecule is Cc1cccc(-n2c(C)cc(C=C3SC(=O)NC3=O)c2C)c1C. The van der Waals surface area contributed by atoms with Crippen LogP contribution in [0.15, 0.2) is 29.2 Å². The van der Waals surface area contributed by atoms with Gasteiger partial charge in [0.15, 0.2) is 0 Å². The first-order valence-corrected chi connectivity index (χ1v) is 8.20. The number of carbonyl (C=O) groups is 2. The molecule has 1 aromatic heterocycles. The largest absolute Gasteiger partial charge is 0.318 e. The maximum absolute atomic E-state index is 11.7. The molecular formula is C18H18N2O2S. The smallest absolute Gasteiger partial charge is 0.290 e. The van der Waals surface area contributed by atoms with Crippen LogP contribution in [0.4, 0.5) is 4.79 Å². The molecule has 0 spiro atoms. The number of carbonyl (C=O) groups excluding carboxylic acids is 2. The number of aromatic nitrogens is 1. The van der Waals surface area contributed by atoms with Crippen molar-refractivity contribution in [2.75, 3.05) is 0 Å². The van der Waals surface area contributed by atoms with Crippen molar-refractivity contribution in [3.63, 3.8) is 0 Å². The monoisotopic (exact) mass is 326 g/mol. The molecule has 1 saturated heterocycles. The Bertz CT molecular complexity index is 862. The van der Waals surface area contributed by atoms with Crippen molar-refractivity contribution in [1.82, 2.24) is 9.88 Å². The Hall–Kier alpha value is -2.27. The highest BCUT2D eigenvalue weighted by Gasteiger charge is 2.25. The van der Waals surface area contributed by atoms with E-state index in [0.717, 1.165) is 34.4 Å². The number of hydrogen-bond acceptors (Lipinski definition) is 3. The predicted molar refractivity (Wildman–Crippen MR) is 93.8 cm³/mol. The van der Waals surface area contributed by atoms with Crippen molar-refractivity contribution >= 4 is 29.0 Å². The standard InChI is InChI=1S/C18H18N2O2S/c1-10-6-5-7-15(12(10)3)20-11(2)8-14(13(20)4)9-16-17(21)19-18(22)23-16/h5-9H,1-4H3,(H,19,21,22). The fraction of sp³-hybridized carbons (Fsp3) is 0.222. The van der Waals surface area contributed by atoms with Crippen molar-refractivity contribution in [3.8, 4) is 5.69 Å². The first kappa shape index (κ1) is 15.6. The first-order chi connectivity index (χ1) is 10.9. The molecule has 5 heteroatoms. The molecule has 0 atom stereocenters. The number of rotatable bonds is 2. The highest BCUT2D eigenvalue weighted by Crippen LogP contribution is 2.30. The zero-order valence-electron chi connectivity index (χ0n) is 13.6. The second-order valence-corrected chi connectivity index (χ2v) is 6.75. The minimum absolute atomic E-state index is 0.315. The number of thioether (sulfide) groups is 1. The van der Waals surface area contributed by atoms with Crippen LogP contribution in [0, 0.1) is 27.7 Å². The van der Waals surface area contributed by atoms with Crippen molar-refractivity contribution in [2.45, 2.75) is 27.7 Å². The quantitative estimate of drug-likeness (QED) is 0.848. The molecule has 0 saturated carbocycles. The molecular weight excluding hydrogens is 308 g/mol. The van der Waals surface area contributed by atoms with Gasteiger partial charge in [-0.1, -0.05) is 12.1 Å². The Morgan fingerprint density at radius 2 is 1.87 bits per heavy atom. The van der Waals surface area contributed by atoms with E-state index < -0.39 is 0 Å². The van der Waals surface area contributed by atoms with Crippen molar-refractivity contribution in [3.05, 3.63) is 57.2 Å². The molecule has 118 valence electrons. The van der Waals surface area contributed by atoms with Gasteiger partial charge in [-0.05, 0) is 74.4 Å². The lowest BCUT2D eigenvalue weighted by atomic mass is 10.1. The molecule has 3 rings (SSSR count). The molecule has 0 radical (unpaired) electrons. The summed E-state index contributed by atoms with van der Waals surface area (Å²) in [6.45, 7) is 8.28. The Balaban J connectivity index is 2.11. The topological polar surface area (TPSA) is 51.1 Å². The van der Waals surface area contributed by atoms with E-state index in [0.29, 0.717) is 4.91 Å². The van der Waals surface area contributed by atoms with E-state index >= 15 is 0 Å². The average molecular weight is 326 g/mol. The van der Waals surface area contributed by atoms with E-state index in [2.05, 4.69) is 35.9 Å².